The van der Waals surface area contributed by atoms with E-state index in [0.717, 1.165) is 24.0 Å². The van der Waals surface area contributed by atoms with Crippen LogP contribution in [0.4, 0.5) is 10.6 Å². The van der Waals surface area contributed by atoms with Gasteiger partial charge in [-0.25, -0.2) is 14.3 Å². The molecule has 4 aromatic rings. The normalized spacial score (nSPS) is 15.0. The summed E-state index contributed by atoms with van der Waals surface area (Å²) in [6.07, 6.45) is 2.74. The second-order valence-electron chi connectivity index (χ2n) is 18.2. The van der Waals surface area contributed by atoms with Crippen LogP contribution in [0, 0.1) is 5.92 Å². The van der Waals surface area contributed by atoms with Gasteiger partial charge in [0.15, 0.2) is 19.8 Å². The van der Waals surface area contributed by atoms with Gasteiger partial charge >= 0.3 is 12.1 Å². The molecule has 1 amide bonds. The SMILES string of the molecule is CCCC(CO[Si](C)(C)C(C)(C)C)Oc1nc(N(Cc2ccc(OC)cc2OC)Cc2ccc(OC)cc2OC)c2ncc(C(O)C3CCN(C(=O)OC(C)(C)C)CC3)n2n1. The third-order valence-electron chi connectivity index (χ3n) is 11.6. The van der Waals surface area contributed by atoms with Crippen molar-refractivity contribution in [2.45, 2.75) is 123 Å². The molecule has 0 bridgehead atoms. The van der Waals surface area contributed by atoms with Crippen LogP contribution in [-0.2, 0) is 22.3 Å². The van der Waals surface area contributed by atoms with Gasteiger partial charge in [0, 0.05) is 49.4 Å². The van der Waals surface area contributed by atoms with Crippen LogP contribution in [0.25, 0.3) is 5.65 Å². The number of hydrogen-bond acceptors (Lipinski definition) is 13. The van der Waals surface area contributed by atoms with Crippen molar-refractivity contribution in [2.75, 3.05) is 53.0 Å². The number of aromatic nitrogens is 4. The number of aliphatic hydroxyl groups excluding tert-OH is 1. The molecule has 16 heteroatoms. The lowest BCUT2D eigenvalue weighted by molar-refractivity contribution is 0.00685. The summed E-state index contributed by atoms with van der Waals surface area (Å²) in [5, 5.41) is 17.1. The predicted octanol–water partition coefficient (Wildman–Crippen LogP) is 8.62. The third-order valence-corrected chi connectivity index (χ3v) is 16.1. The van der Waals surface area contributed by atoms with E-state index in [-0.39, 0.29) is 29.2 Å². The molecule has 0 aliphatic carbocycles. The molecule has 3 heterocycles. The second-order valence-corrected chi connectivity index (χ2v) is 23.0. The highest BCUT2D eigenvalue weighted by Gasteiger charge is 2.38. The van der Waals surface area contributed by atoms with E-state index in [1.165, 1.54) is 0 Å². The van der Waals surface area contributed by atoms with E-state index < -0.39 is 20.0 Å². The first-order valence-electron chi connectivity index (χ1n) is 21.2. The number of carbonyl (C=O) groups excluding carboxylic acids is 1. The van der Waals surface area contributed by atoms with E-state index in [2.05, 4.69) is 45.7 Å². The van der Waals surface area contributed by atoms with Crippen molar-refractivity contribution >= 4 is 25.9 Å². The van der Waals surface area contributed by atoms with E-state index in [4.69, 9.17) is 47.9 Å². The van der Waals surface area contributed by atoms with E-state index in [1.54, 1.807) is 44.1 Å². The van der Waals surface area contributed by atoms with E-state index in [9.17, 15) is 9.90 Å². The van der Waals surface area contributed by atoms with E-state index in [0.29, 0.717) is 85.8 Å². The van der Waals surface area contributed by atoms with Crippen molar-refractivity contribution in [1.82, 2.24) is 24.5 Å². The van der Waals surface area contributed by atoms with Gasteiger partial charge in [0.25, 0.3) is 0 Å². The summed E-state index contributed by atoms with van der Waals surface area (Å²) < 4.78 is 43.5. The third kappa shape index (κ3) is 11.8. The maximum absolute atomic E-state index is 12.9. The Labute approximate surface area is 362 Å². The molecule has 1 fully saturated rings. The fourth-order valence-corrected chi connectivity index (χ4v) is 8.08. The average molecular weight is 865 g/mol. The molecule has 0 saturated carbocycles. The number of anilines is 1. The Hall–Kier alpha value is -4.80. The van der Waals surface area contributed by atoms with Crippen LogP contribution in [0.2, 0.25) is 18.1 Å². The van der Waals surface area contributed by atoms with Crippen molar-refractivity contribution in [3.63, 3.8) is 0 Å². The average Bonchev–Trinajstić information content (AvgIpc) is 3.65. The molecule has 0 radical (unpaired) electrons. The molecule has 1 N–H and O–H groups in total. The Morgan fingerprint density at radius 1 is 0.902 bits per heavy atom. The Morgan fingerprint density at radius 3 is 1.97 bits per heavy atom. The lowest BCUT2D eigenvalue weighted by atomic mass is 9.90. The molecule has 5 rings (SSSR count). The molecule has 1 saturated heterocycles. The smallest absolute Gasteiger partial charge is 0.410 e. The zero-order valence-corrected chi connectivity index (χ0v) is 39.5. The van der Waals surface area contributed by atoms with Crippen LogP contribution in [-0.4, -0.2) is 104 Å². The topological polar surface area (TPSA) is 151 Å². The molecule has 15 nitrogen and oxygen atoms in total. The standard InChI is InChI=1S/C45H68N6O9Si/c1-14-15-35(29-58-61(12,13)45(5,6)7)59-42-47-41(40-46-26-36(51(40)48-42)39(52)30-20-22-49(23-21-30)43(53)60-44(2,3)4)50(27-31-16-18-33(54-8)24-37(31)56-10)28-32-17-19-34(55-9)25-38(32)57-11/h16-19,24-26,30,35,39,52H,14-15,20-23,27-29H2,1-13H3. The number of fused-ring (bicyclic) bond motifs is 1. The van der Waals surface area contributed by atoms with Crippen LogP contribution in [0.5, 0.6) is 29.0 Å². The van der Waals surface area contributed by atoms with Crippen LogP contribution >= 0.6 is 0 Å². The molecule has 2 unspecified atom stereocenters. The minimum absolute atomic E-state index is 0.0166. The minimum Gasteiger partial charge on any atom is -0.497 e. The summed E-state index contributed by atoms with van der Waals surface area (Å²) in [7, 11) is 4.38. The van der Waals surface area contributed by atoms with Gasteiger partial charge in [-0.05, 0) is 88.3 Å². The Balaban J connectivity index is 1.62. The maximum atomic E-state index is 12.9. The molecule has 1 aliphatic heterocycles. The van der Waals surface area contributed by atoms with Gasteiger partial charge in [-0.2, -0.15) is 4.98 Å². The summed E-state index contributed by atoms with van der Waals surface area (Å²) in [6, 6.07) is 11.5. The Kier molecular flexibility index (Phi) is 15.4. The van der Waals surface area contributed by atoms with Crippen molar-refractivity contribution < 1.29 is 42.7 Å². The van der Waals surface area contributed by atoms with Gasteiger partial charge in [-0.15, -0.1) is 5.10 Å². The van der Waals surface area contributed by atoms with Crippen LogP contribution in [0.3, 0.4) is 0 Å². The molecule has 2 aromatic heterocycles. The number of piperidine rings is 1. The molecule has 61 heavy (non-hydrogen) atoms. The summed E-state index contributed by atoms with van der Waals surface area (Å²) in [5.74, 6) is 2.89. The minimum atomic E-state index is -2.11. The highest BCUT2D eigenvalue weighted by Crippen LogP contribution is 2.38. The van der Waals surface area contributed by atoms with Gasteiger partial charge in [-0.3, -0.25) is 0 Å². The number of carbonyl (C=O) groups is 1. The lowest BCUT2D eigenvalue weighted by Crippen LogP contribution is -2.43. The first-order chi connectivity index (χ1) is 28.8. The maximum Gasteiger partial charge on any atom is 0.410 e. The molecule has 1 aliphatic rings. The molecular formula is C45H68N6O9Si. The number of benzene rings is 2. The Bertz CT molecular complexity index is 2020. The van der Waals surface area contributed by atoms with Crippen LogP contribution in [0.1, 0.15) is 97.1 Å². The van der Waals surface area contributed by atoms with Crippen LogP contribution < -0.4 is 28.6 Å². The number of nitrogens with zero attached hydrogens (tertiary/aromatic N) is 6. The number of methoxy groups -OCH3 is 4. The highest BCUT2D eigenvalue weighted by atomic mass is 28.4. The monoisotopic (exact) mass is 864 g/mol. The molecule has 0 spiro atoms. The predicted molar refractivity (Wildman–Crippen MR) is 238 cm³/mol. The molecule has 2 aromatic carbocycles. The van der Waals surface area contributed by atoms with E-state index >= 15 is 0 Å². The second kappa shape index (κ2) is 19.9. The summed E-state index contributed by atoms with van der Waals surface area (Å²) in [5.41, 5.74) is 2.05. The number of hydrogen-bond donors (Lipinski definition) is 1. The largest absolute Gasteiger partial charge is 0.497 e. The van der Waals surface area contributed by atoms with Crippen LogP contribution in [0.15, 0.2) is 42.6 Å². The first-order valence-corrected chi connectivity index (χ1v) is 24.1. The number of rotatable bonds is 18. The highest BCUT2D eigenvalue weighted by molar-refractivity contribution is 6.74. The first kappa shape index (κ1) is 47.2. The number of imidazole rings is 1. The van der Waals surface area contributed by atoms with Gasteiger partial charge in [0.2, 0.25) is 0 Å². The van der Waals surface area contributed by atoms with E-state index in [1.807, 2.05) is 57.2 Å². The lowest BCUT2D eigenvalue weighted by Gasteiger charge is -2.37. The quantitative estimate of drug-likeness (QED) is 0.0952. The van der Waals surface area contributed by atoms with Gasteiger partial charge < -0.3 is 47.8 Å². The number of ether oxygens (including phenoxy) is 6. The Morgan fingerprint density at radius 2 is 1.48 bits per heavy atom. The summed E-state index contributed by atoms with van der Waals surface area (Å²) in [6.45, 7) is 20.7. The molecular weight excluding hydrogens is 797 g/mol. The zero-order valence-electron chi connectivity index (χ0n) is 38.5. The van der Waals surface area contributed by atoms with Crippen molar-refractivity contribution in [2.24, 2.45) is 5.92 Å². The number of amides is 1. The molecule has 2 atom stereocenters. The van der Waals surface area contributed by atoms with Gasteiger partial charge in [0.05, 0.1) is 46.9 Å². The van der Waals surface area contributed by atoms with Gasteiger partial charge in [-0.1, -0.05) is 34.1 Å². The summed E-state index contributed by atoms with van der Waals surface area (Å²) >= 11 is 0. The molecule has 336 valence electrons. The fourth-order valence-electron chi connectivity index (χ4n) is 7.04. The van der Waals surface area contributed by atoms with Gasteiger partial charge in [0.1, 0.15) is 40.8 Å². The number of likely N-dealkylation sites (tertiary alicyclic amines) is 1. The number of aliphatic hydroxyl groups is 1. The van der Waals surface area contributed by atoms with Crippen molar-refractivity contribution in [3.05, 3.63) is 59.4 Å². The summed E-state index contributed by atoms with van der Waals surface area (Å²) in [4.78, 5) is 26.7. The van der Waals surface area contributed by atoms with Crippen molar-refractivity contribution in [3.8, 4) is 29.0 Å². The van der Waals surface area contributed by atoms with Crippen molar-refractivity contribution in [1.29, 1.82) is 0 Å². The fraction of sp³-hybridized carbons (Fsp3) is 0.600. The zero-order chi connectivity index (χ0) is 44.7.